The van der Waals surface area contributed by atoms with Gasteiger partial charge in [-0.3, -0.25) is 0 Å². The van der Waals surface area contributed by atoms with Crippen molar-refractivity contribution in [3.8, 4) is 0 Å². The van der Waals surface area contributed by atoms with Crippen LogP contribution < -0.4 is 0 Å². The van der Waals surface area contributed by atoms with E-state index in [1.807, 2.05) is 0 Å². The summed E-state index contributed by atoms with van der Waals surface area (Å²) in [5.74, 6) is 0. The van der Waals surface area contributed by atoms with Gasteiger partial charge in [0.05, 0.1) is 6.10 Å². The molecule has 5 rings (SSSR count). The Morgan fingerprint density at radius 2 is 1.58 bits per heavy atom. The molecule has 0 N–H and O–H groups in total. The largest absolute Gasteiger partial charge is 0.365 e. The Hall–Kier alpha value is -1.42. The Kier molecular flexibility index (Phi) is 4.27. The number of hydrogen-bond acceptors (Lipinski definition) is 2. The zero-order chi connectivity index (χ0) is 17.7. The highest BCUT2D eigenvalue weighted by molar-refractivity contribution is 9.15. The van der Waals surface area contributed by atoms with Crippen molar-refractivity contribution < 1.29 is 4.74 Å². The summed E-state index contributed by atoms with van der Waals surface area (Å²) in [6, 6.07) is 18.7. The van der Waals surface area contributed by atoms with E-state index < -0.39 is 0 Å². The predicted molar refractivity (Wildman–Crippen MR) is 110 cm³/mol. The average Bonchev–Trinajstić information content (AvgIpc) is 2.84. The summed E-state index contributed by atoms with van der Waals surface area (Å²) in [4.78, 5) is 2.58. The SMILES string of the molecule is CN1[C@@H]2CC[C@H]1CC(OC1c3ccccc3C=C(Br)c3ccccc31)C2. The van der Waals surface area contributed by atoms with E-state index >= 15 is 0 Å². The highest BCUT2D eigenvalue weighted by Gasteiger charge is 2.40. The minimum absolute atomic E-state index is 0.00139. The van der Waals surface area contributed by atoms with Crippen molar-refractivity contribution in [2.75, 3.05) is 7.05 Å². The summed E-state index contributed by atoms with van der Waals surface area (Å²) in [5, 5.41) is 0. The lowest BCUT2D eigenvalue weighted by Gasteiger charge is -2.38. The first kappa shape index (κ1) is 16.7. The van der Waals surface area contributed by atoms with E-state index in [1.54, 1.807) is 0 Å². The Morgan fingerprint density at radius 3 is 2.35 bits per heavy atom. The molecule has 2 bridgehead atoms. The maximum Gasteiger partial charge on any atom is 0.109 e. The summed E-state index contributed by atoms with van der Waals surface area (Å²) < 4.78 is 8.00. The molecule has 26 heavy (non-hydrogen) atoms. The van der Waals surface area contributed by atoms with Gasteiger partial charge in [-0.1, -0.05) is 64.5 Å². The number of ether oxygens (including phenoxy) is 1. The van der Waals surface area contributed by atoms with E-state index in [2.05, 4.69) is 82.5 Å². The summed E-state index contributed by atoms with van der Waals surface area (Å²) in [7, 11) is 2.29. The molecule has 3 aliphatic rings. The monoisotopic (exact) mass is 409 g/mol. The molecule has 0 radical (unpaired) electrons. The van der Waals surface area contributed by atoms with Crippen LogP contribution in [0.15, 0.2) is 48.5 Å². The number of piperidine rings is 1. The van der Waals surface area contributed by atoms with Gasteiger partial charge in [-0.15, -0.1) is 0 Å². The molecule has 0 aromatic heterocycles. The van der Waals surface area contributed by atoms with Crippen LogP contribution in [0.4, 0.5) is 0 Å². The molecule has 4 atom stereocenters. The molecular weight excluding hydrogens is 386 g/mol. The first-order valence-corrected chi connectivity index (χ1v) is 10.4. The van der Waals surface area contributed by atoms with E-state index in [0.717, 1.165) is 17.3 Å². The van der Waals surface area contributed by atoms with Crippen molar-refractivity contribution >= 4 is 26.5 Å². The van der Waals surface area contributed by atoms with Crippen molar-refractivity contribution in [1.29, 1.82) is 0 Å². The Morgan fingerprint density at radius 1 is 0.923 bits per heavy atom. The van der Waals surface area contributed by atoms with Gasteiger partial charge in [0.2, 0.25) is 0 Å². The molecular formula is C23H24BrNO. The molecule has 0 spiro atoms. The normalized spacial score (nSPS) is 30.3. The van der Waals surface area contributed by atoms with Crippen molar-refractivity contribution in [3.05, 3.63) is 70.8 Å². The second kappa shape index (κ2) is 6.63. The van der Waals surface area contributed by atoms with Crippen LogP contribution in [0.5, 0.6) is 0 Å². The number of nitrogens with zero attached hydrogens (tertiary/aromatic N) is 1. The molecule has 2 aromatic carbocycles. The molecule has 2 heterocycles. The smallest absolute Gasteiger partial charge is 0.109 e. The second-order valence-corrected chi connectivity index (χ2v) is 8.72. The quantitative estimate of drug-likeness (QED) is 0.637. The average molecular weight is 410 g/mol. The van der Waals surface area contributed by atoms with Crippen LogP contribution in [-0.2, 0) is 4.74 Å². The minimum atomic E-state index is 0.00139. The standard InChI is InChI=1S/C23H24BrNO/c1-25-16-10-11-17(25)14-18(13-16)26-23-19-7-3-2-6-15(19)12-22(24)20-8-4-5-9-21(20)23/h2-9,12,16-18,23H,10-11,13-14H2,1H3/t16-,17+,18?,23?. The van der Waals surface area contributed by atoms with Crippen molar-refractivity contribution in [3.63, 3.8) is 0 Å². The Bertz CT molecular complexity index is 847. The maximum atomic E-state index is 6.86. The number of benzene rings is 2. The maximum absolute atomic E-state index is 6.86. The van der Waals surface area contributed by atoms with Gasteiger partial charge in [-0.25, -0.2) is 0 Å². The summed E-state index contributed by atoms with van der Waals surface area (Å²) >= 11 is 3.80. The molecule has 2 nitrogen and oxygen atoms in total. The Labute approximate surface area is 164 Å². The summed E-state index contributed by atoms with van der Waals surface area (Å²) in [6.07, 6.45) is 7.53. The number of rotatable bonds is 2. The van der Waals surface area contributed by atoms with Crippen molar-refractivity contribution in [1.82, 2.24) is 4.90 Å². The number of fused-ring (bicyclic) bond motifs is 4. The van der Waals surface area contributed by atoms with Gasteiger partial charge in [-0.05, 0) is 61.1 Å². The lowest BCUT2D eigenvalue weighted by Crippen LogP contribution is -2.43. The van der Waals surface area contributed by atoms with Crippen LogP contribution in [0, 0.1) is 0 Å². The van der Waals surface area contributed by atoms with Gasteiger partial charge >= 0.3 is 0 Å². The van der Waals surface area contributed by atoms with Crippen molar-refractivity contribution in [2.45, 2.75) is 50.0 Å². The fourth-order valence-electron chi connectivity index (χ4n) is 5.02. The van der Waals surface area contributed by atoms with Gasteiger partial charge in [-0.2, -0.15) is 0 Å². The number of hydrogen-bond donors (Lipinski definition) is 0. The fraction of sp³-hybridized carbons (Fsp3) is 0.391. The molecule has 2 unspecified atom stereocenters. The highest BCUT2D eigenvalue weighted by Crippen LogP contribution is 2.43. The van der Waals surface area contributed by atoms with Gasteiger partial charge in [0.1, 0.15) is 6.10 Å². The van der Waals surface area contributed by atoms with E-state index in [0.29, 0.717) is 18.2 Å². The summed E-state index contributed by atoms with van der Waals surface area (Å²) in [6.45, 7) is 0. The molecule has 2 saturated heterocycles. The second-order valence-electron chi connectivity index (χ2n) is 7.87. The van der Waals surface area contributed by atoms with Crippen LogP contribution in [0.1, 0.15) is 54.0 Å². The zero-order valence-corrected chi connectivity index (χ0v) is 16.7. The van der Waals surface area contributed by atoms with E-state index in [-0.39, 0.29) is 6.10 Å². The molecule has 0 saturated carbocycles. The fourth-order valence-corrected chi connectivity index (χ4v) is 5.63. The third-order valence-electron chi connectivity index (χ3n) is 6.44. The van der Waals surface area contributed by atoms with E-state index in [4.69, 9.17) is 4.74 Å². The van der Waals surface area contributed by atoms with Crippen molar-refractivity contribution in [2.24, 2.45) is 0 Å². The number of halogens is 1. The van der Waals surface area contributed by atoms with Gasteiger partial charge in [0, 0.05) is 16.6 Å². The van der Waals surface area contributed by atoms with Gasteiger partial charge in [0.25, 0.3) is 0 Å². The third-order valence-corrected chi connectivity index (χ3v) is 7.10. The predicted octanol–water partition coefficient (Wildman–Crippen LogP) is 5.62. The summed E-state index contributed by atoms with van der Waals surface area (Å²) in [5.41, 5.74) is 5.04. The van der Waals surface area contributed by atoms with Crippen LogP contribution in [0.3, 0.4) is 0 Å². The van der Waals surface area contributed by atoms with Crippen LogP contribution >= 0.6 is 15.9 Å². The first-order chi connectivity index (χ1) is 12.7. The van der Waals surface area contributed by atoms with Gasteiger partial charge in [0.15, 0.2) is 0 Å². The van der Waals surface area contributed by atoms with Crippen LogP contribution in [-0.4, -0.2) is 30.1 Å². The molecule has 3 heteroatoms. The van der Waals surface area contributed by atoms with E-state index in [9.17, 15) is 0 Å². The lowest BCUT2D eigenvalue weighted by atomic mass is 9.95. The minimum Gasteiger partial charge on any atom is -0.365 e. The lowest BCUT2D eigenvalue weighted by molar-refractivity contribution is -0.0427. The molecule has 2 aliphatic heterocycles. The molecule has 2 aromatic rings. The van der Waals surface area contributed by atoms with Gasteiger partial charge < -0.3 is 9.64 Å². The first-order valence-electron chi connectivity index (χ1n) is 9.63. The molecule has 1 aliphatic carbocycles. The zero-order valence-electron chi connectivity index (χ0n) is 15.1. The highest BCUT2D eigenvalue weighted by atomic mass is 79.9. The van der Waals surface area contributed by atoms with Crippen LogP contribution in [0.2, 0.25) is 0 Å². The topological polar surface area (TPSA) is 12.5 Å². The Balaban J connectivity index is 1.54. The van der Waals surface area contributed by atoms with Crippen LogP contribution in [0.25, 0.3) is 10.6 Å². The molecule has 134 valence electrons. The molecule has 2 fully saturated rings. The molecule has 0 amide bonds. The van der Waals surface area contributed by atoms with E-state index in [1.165, 1.54) is 35.1 Å². The third kappa shape index (κ3) is 2.77.